The summed E-state index contributed by atoms with van der Waals surface area (Å²) >= 11 is 0. The zero-order chi connectivity index (χ0) is 32.0. The number of rotatable bonds is 9. The lowest BCUT2D eigenvalue weighted by atomic mass is 9.55. The minimum Gasteiger partial charge on any atom is -0.481 e. The summed E-state index contributed by atoms with van der Waals surface area (Å²) in [6, 6.07) is 14.3. The highest BCUT2D eigenvalue weighted by Crippen LogP contribution is 2.54. The first-order valence-corrected chi connectivity index (χ1v) is 16.6. The molecule has 5 aliphatic rings. The Kier molecular flexibility index (Phi) is 7.98. The molecule has 2 aromatic carbocycles. The van der Waals surface area contributed by atoms with Crippen LogP contribution >= 0.6 is 0 Å². The number of aliphatic carboxylic acids is 1. The standard InChI is InChI=1S/C36H42N4O6/c1-36(18-25-19-37-28-9-5-4-7-26(25)28,40-35(45)46-33-23-13-20-12-21(15-23)16-24(33)14-20)34(44)38-29-11-10-22-6-2-3-8-27(22)32(29)39-30(41)17-31(42)43/h2-9,19-21,23-24,29,32-33,37H,10-18H2,1H3,(H,38,44)(H,39,41)(H,40,45)(H,42,43). The Morgan fingerprint density at radius 3 is 2.37 bits per heavy atom. The fourth-order valence-electron chi connectivity index (χ4n) is 9.07. The molecule has 242 valence electrons. The third-order valence-electron chi connectivity index (χ3n) is 10.9. The van der Waals surface area contributed by atoms with Crippen molar-refractivity contribution < 1.29 is 29.0 Å². The van der Waals surface area contributed by atoms with E-state index in [2.05, 4.69) is 20.9 Å². The van der Waals surface area contributed by atoms with Crippen molar-refractivity contribution in [3.63, 3.8) is 0 Å². The number of carboxylic acid groups (broad SMARTS) is 1. The summed E-state index contributed by atoms with van der Waals surface area (Å²) in [6.07, 6.45) is 7.63. The zero-order valence-corrected chi connectivity index (χ0v) is 26.1. The highest BCUT2D eigenvalue weighted by atomic mass is 16.6. The number of aromatic amines is 1. The van der Waals surface area contributed by atoms with Crippen LogP contribution < -0.4 is 16.0 Å². The van der Waals surface area contributed by atoms with Gasteiger partial charge in [0.25, 0.3) is 0 Å². The highest BCUT2D eigenvalue weighted by molar-refractivity contribution is 5.94. The van der Waals surface area contributed by atoms with Crippen LogP contribution in [0.2, 0.25) is 0 Å². The maximum Gasteiger partial charge on any atom is 0.408 e. The fourth-order valence-corrected chi connectivity index (χ4v) is 9.07. The number of para-hydroxylation sites is 1. The zero-order valence-electron chi connectivity index (χ0n) is 26.1. The Labute approximate surface area is 268 Å². The second kappa shape index (κ2) is 12.1. The van der Waals surface area contributed by atoms with Gasteiger partial charge in [-0.05, 0) is 98.3 Å². The second-order valence-electron chi connectivity index (χ2n) is 14.2. The van der Waals surface area contributed by atoms with Gasteiger partial charge in [0.05, 0.1) is 12.1 Å². The molecule has 0 radical (unpaired) electrons. The predicted octanol–water partition coefficient (Wildman–Crippen LogP) is 4.78. The Morgan fingerprint density at radius 1 is 0.935 bits per heavy atom. The van der Waals surface area contributed by atoms with Crippen LogP contribution in [0, 0.1) is 23.7 Å². The van der Waals surface area contributed by atoms with Crippen LogP contribution in [0.5, 0.6) is 0 Å². The molecule has 10 nitrogen and oxygen atoms in total. The Hall–Kier alpha value is -4.34. The Bertz CT molecular complexity index is 1640. The number of H-pyrrole nitrogens is 1. The van der Waals surface area contributed by atoms with E-state index in [1.807, 2.05) is 54.7 Å². The number of benzene rings is 2. The summed E-state index contributed by atoms with van der Waals surface area (Å²) in [6.45, 7) is 1.72. The number of carbonyl (C=O) groups excluding carboxylic acids is 3. The molecular formula is C36H42N4O6. The predicted molar refractivity (Wildman–Crippen MR) is 171 cm³/mol. The van der Waals surface area contributed by atoms with Gasteiger partial charge in [-0.3, -0.25) is 14.4 Å². The van der Waals surface area contributed by atoms with Crippen LogP contribution in [0.3, 0.4) is 0 Å². The van der Waals surface area contributed by atoms with Gasteiger partial charge in [0.15, 0.2) is 0 Å². The molecule has 0 aliphatic heterocycles. The number of hydrogen-bond acceptors (Lipinski definition) is 5. The topological polar surface area (TPSA) is 150 Å². The lowest BCUT2D eigenvalue weighted by Gasteiger charge is -2.53. The summed E-state index contributed by atoms with van der Waals surface area (Å²) in [5.41, 5.74) is 2.29. The number of ether oxygens (including phenoxy) is 1. The molecule has 3 amide bonds. The molecular weight excluding hydrogens is 584 g/mol. The number of aromatic nitrogens is 1. The minimum absolute atomic E-state index is 0.128. The van der Waals surface area contributed by atoms with Crippen molar-refractivity contribution in [3.8, 4) is 0 Å². The van der Waals surface area contributed by atoms with Crippen LogP contribution in [0.1, 0.15) is 74.6 Å². The highest BCUT2D eigenvalue weighted by Gasteiger charge is 2.50. The van der Waals surface area contributed by atoms with Crippen molar-refractivity contribution >= 4 is 34.8 Å². The molecule has 3 aromatic rings. The number of carboxylic acids is 1. The number of nitrogens with one attached hydrogen (secondary N) is 4. The molecule has 3 atom stereocenters. The molecule has 1 aromatic heterocycles. The van der Waals surface area contributed by atoms with Crippen molar-refractivity contribution in [2.75, 3.05) is 0 Å². The summed E-state index contributed by atoms with van der Waals surface area (Å²) in [4.78, 5) is 55.3. The quantitative estimate of drug-likeness (QED) is 0.216. The van der Waals surface area contributed by atoms with E-state index in [9.17, 15) is 24.3 Å². The summed E-state index contributed by atoms with van der Waals surface area (Å²) in [5, 5.41) is 19.2. The maximum atomic E-state index is 14.4. The summed E-state index contributed by atoms with van der Waals surface area (Å²) in [5.74, 6) is -0.00785. The molecule has 3 unspecified atom stereocenters. The first-order valence-electron chi connectivity index (χ1n) is 16.6. The molecule has 0 saturated heterocycles. The summed E-state index contributed by atoms with van der Waals surface area (Å²) in [7, 11) is 0. The monoisotopic (exact) mass is 626 g/mol. The van der Waals surface area contributed by atoms with Gasteiger partial charge < -0.3 is 30.8 Å². The SMILES string of the molecule is CC(Cc1c[nH]c2ccccc12)(NC(=O)OC1C2CC3CC(C2)CC1C3)C(=O)NC1CCc2ccccc2C1NC(=O)CC(=O)O. The minimum atomic E-state index is -1.39. The van der Waals surface area contributed by atoms with E-state index >= 15 is 0 Å². The first-order chi connectivity index (χ1) is 22.1. The molecule has 4 saturated carbocycles. The number of hydrogen-bond donors (Lipinski definition) is 5. The molecule has 5 N–H and O–H groups in total. The van der Waals surface area contributed by atoms with Crippen molar-refractivity contribution in [1.29, 1.82) is 0 Å². The number of fused-ring (bicyclic) bond motifs is 2. The van der Waals surface area contributed by atoms with Crippen molar-refractivity contribution in [3.05, 3.63) is 71.4 Å². The van der Waals surface area contributed by atoms with Gasteiger partial charge in [-0.1, -0.05) is 42.5 Å². The molecule has 4 bridgehead atoms. The molecule has 8 rings (SSSR count). The van der Waals surface area contributed by atoms with Crippen LogP contribution in [0.4, 0.5) is 4.79 Å². The van der Waals surface area contributed by atoms with Gasteiger partial charge in [-0.15, -0.1) is 0 Å². The number of carbonyl (C=O) groups is 4. The van der Waals surface area contributed by atoms with Gasteiger partial charge in [0.1, 0.15) is 18.1 Å². The van der Waals surface area contributed by atoms with E-state index < -0.39 is 47.9 Å². The molecule has 46 heavy (non-hydrogen) atoms. The van der Waals surface area contributed by atoms with Gasteiger partial charge >= 0.3 is 12.1 Å². The molecule has 1 heterocycles. The Balaban J connectivity index is 1.14. The first kappa shape index (κ1) is 30.3. The van der Waals surface area contributed by atoms with Crippen LogP contribution in [-0.4, -0.2) is 51.7 Å². The lowest BCUT2D eigenvalue weighted by Crippen LogP contribution is -2.62. The van der Waals surface area contributed by atoms with Crippen LogP contribution in [-0.2, 0) is 32.0 Å². The van der Waals surface area contributed by atoms with Gasteiger partial charge in [-0.25, -0.2) is 4.79 Å². The van der Waals surface area contributed by atoms with Gasteiger partial charge in [-0.2, -0.15) is 0 Å². The normalized spacial score (nSPS) is 28.9. The number of aryl methyl sites for hydroxylation is 1. The van der Waals surface area contributed by atoms with Crippen molar-refractivity contribution in [2.45, 2.75) is 88.4 Å². The molecule has 5 aliphatic carbocycles. The fraction of sp³-hybridized carbons (Fsp3) is 0.500. The largest absolute Gasteiger partial charge is 0.481 e. The maximum absolute atomic E-state index is 14.4. The number of alkyl carbamates (subject to hydrolysis) is 1. The van der Waals surface area contributed by atoms with Crippen molar-refractivity contribution in [1.82, 2.24) is 20.9 Å². The van der Waals surface area contributed by atoms with E-state index in [-0.39, 0.29) is 12.5 Å². The average Bonchev–Trinajstić information content (AvgIpc) is 3.41. The Morgan fingerprint density at radius 2 is 1.63 bits per heavy atom. The van der Waals surface area contributed by atoms with Crippen LogP contribution in [0.25, 0.3) is 10.9 Å². The summed E-state index contributed by atoms with van der Waals surface area (Å²) < 4.78 is 6.18. The second-order valence-corrected chi connectivity index (χ2v) is 14.2. The average molecular weight is 627 g/mol. The van der Waals surface area contributed by atoms with Gasteiger partial charge in [0.2, 0.25) is 11.8 Å². The van der Waals surface area contributed by atoms with E-state index in [1.54, 1.807) is 6.92 Å². The van der Waals surface area contributed by atoms with Crippen molar-refractivity contribution in [2.24, 2.45) is 23.7 Å². The van der Waals surface area contributed by atoms with Crippen LogP contribution in [0.15, 0.2) is 54.7 Å². The van der Waals surface area contributed by atoms with E-state index in [1.165, 1.54) is 6.42 Å². The smallest absolute Gasteiger partial charge is 0.408 e. The third kappa shape index (κ3) is 5.97. The number of amides is 3. The molecule has 4 fully saturated rings. The third-order valence-corrected chi connectivity index (χ3v) is 10.9. The van der Waals surface area contributed by atoms with E-state index in [0.717, 1.165) is 65.1 Å². The lowest BCUT2D eigenvalue weighted by molar-refractivity contribution is -0.141. The molecule has 10 heteroatoms. The van der Waals surface area contributed by atoms with E-state index in [0.29, 0.717) is 24.7 Å². The van der Waals surface area contributed by atoms with Gasteiger partial charge in [0, 0.05) is 23.5 Å². The molecule has 0 spiro atoms. The van der Waals surface area contributed by atoms with E-state index in [4.69, 9.17) is 4.74 Å².